The molecule has 0 amide bonds. The maximum atomic E-state index is 10.9. The van der Waals surface area contributed by atoms with E-state index in [1.54, 1.807) is 0 Å². The van der Waals surface area contributed by atoms with Crippen molar-refractivity contribution in [1.82, 2.24) is 0 Å². The zero-order chi connectivity index (χ0) is 17.0. The molecule has 3 heteroatoms. The molecule has 0 aromatic rings. The third-order valence-corrected chi connectivity index (χ3v) is 3.70. The number of rotatable bonds is 15. The van der Waals surface area contributed by atoms with E-state index >= 15 is 0 Å². The third kappa shape index (κ3) is 19.0. The van der Waals surface area contributed by atoms with Crippen LogP contribution >= 0.6 is 12.6 Å². The molecule has 23 heavy (non-hydrogen) atoms. The second-order valence-corrected chi connectivity index (χ2v) is 5.90. The predicted molar refractivity (Wildman–Crippen MR) is 104 cm³/mol. The summed E-state index contributed by atoms with van der Waals surface area (Å²) in [4.78, 5) is 10.9. The Bertz CT molecular complexity index is 346. The molecule has 0 aliphatic rings. The SMILES string of the molecule is CC/C=C\C/C=C\C/C=C\CCCCCCCCOC(=O)CS. The van der Waals surface area contributed by atoms with Crippen LogP contribution in [0.25, 0.3) is 0 Å². The molecule has 0 fully saturated rings. The van der Waals surface area contributed by atoms with E-state index in [1.807, 2.05) is 0 Å². The van der Waals surface area contributed by atoms with Crippen molar-refractivity contribution in [1.29, 1.82) is 0 Å². The van der Waals surface area contributed by atoms with Gasteiger partial charge in [0, 0.05) is 0 Å². The van der Waals surface area contributed by atoms with Gasteiger partial charge < -0.3 is 4.74 Å². The molecule has 0 atom stereocenters. The third-order valence-electron chi connectivity index (χ3n) is 3.44. The fraction of sp³-hybridized carbons (Fsp3) is 0.650. The predicted octanol–water partition coefficient (Wildman–Crippen LogP) is 6.05. The van der Waals surface area contributed by atoms with E-state index in [0.717, 1.165) is 32.1 Å². The van der Waals surface area contributed by atoms with Crippen LogP contribution in [0.1, 0.15) is 71.1 Å². The molecule has 0 heterocycles. The highest BCUT2D eigenvalue weighted by atomic mass is 32.1. The highest BCUT2D eigenvalue weighted by molar-refractivity contribution is 7.81. The number of hydrogen-bond donors (Lipinski definition) is 1. The van der Waals surface area contributed by atoms with Gasteiger partial charge in [0.2, 0.25) is 0 Å². The Morgan fingerprint density at radius 2 is 1.39 bits per heavy atom. The second kappa shape index (κ2) is 19.1. The molecule has 0 spiro atoms. The highest BCUT2D eigenvalue weighted by Crippen LogP contribution is 2.08. The minimum Gasteiger partial charge on any atom is -0.465 e. The lowest BCUT2D eigenvalue weighted by Crippen LogP contribution is -2.06. The molecule has 132 valence electrons. The molecule has 0 aliphatic carbocycles. The van der Waals surface area contributed by atoms with Gasteiger partial charge in [-0.25, -0.2) is 0 Å². The number of esters is 1. The van der Waals surface area contributed by atoms with Crippen LogP contribution in [0.2, 0.25) is 0 Å². The minimum atomic E-state index is -0.215. The van der Waals surface area contributed by atoms with Crippen molar-refractivity contribution < 1.29 is 9.53 Å². The number of hydrogen-bond acceptors (Lipinski definition) is 3. The smallest absolute Gasteiger partial charge is 0.315 e. The number of unbranched alkanes of at least 4 members (excludes halogenated alkanes) is 6. The Morgan fingerprint density at radius 1 is 0.826 bits per heavy atom. The first-order valence-electron chi connectivity index (χ1n) is 9.02. The average molecular weight is 339 g/mol. The van der Waals surface area contributed by atoms with Gasteiger partial charge in [0.25, 0.3) is 0 Å². The lowest BCUT2D eigenvalue weighted by atomic mass is 10.1. The van der Waals surface area contributed by atoms with E-state index in [2.05, 4.69) is 56.0 Å². The first-order chi connectivity index (χ1) is 11.3. The van der Waals surface area contributed by atoms with Gasteiger partial charge in [-0.2, -0.15) is 12.6 Å². The van der Waals surface area contributed by atoms with E-state index in [9.17, 15) is 4.79 Å². The average Bonchev–Trinajstić information content (AvgIpc) is 2.57. The normalized spacial score (nSPS) is 11.9. The maximum Gasteiger partial charge on any atom is 0.315 e. The number of allylic oxidation sites excluding steroid dienone is 6. The first kappa shape index (κ1) is 22.0. The molecule has 0 unspecified atom stereocenters. The van der Waals surface area contributed by atoms with Crippen molar-refractivity contribution in [2.24, 2.45) is 0 Å². The van der Waals surface area contributed by atoms with Crippen molar-refractivity contribution in [2.45, 2.75) is 71.1 Å². The minimum absolute atomic E-state index is 0.180. The number of thiol groups is 1. The molecule has 0 saturated carbocycles. The van der Waals surface area contributed by atoms with Crippen molar-refractivity contribution in [3.63, 3.8) is 0 Å². The van der Waals surface area contributed by atoms with Gasteiger partial charge >= 0.3 is 5.97 Å². The van der Waals surface area contributed by atoms with Gasteiger partial charge in [-0.05, 0) is 38.5 Å². The van der Waals surface area contributed by atoms with E-state index in [1.165, 1.54) is 32.1 Å². The summed E-state index contributed by atoms with van der Waals surface area (Å²) in [5, 5.41) is 0. The lowest BCUT2D eigenvalue weighted by molar-refractivity contribution is -0.140. The number of ether oxygens (including phenoxy) is 1. The molecule has 0 bridgehead atoms. The molecule has 0 saturated heterocycles. The van der Waals surface area contributed by atoms with Crippen LogP contribution < -0.4 is 0 Å². The van der Waals surface area contributed by atoms with Crippen LogP contribution in [0.5, 0.6) is 0 Å². The monoisotopic (exact) mass is 338 g/mol. The molecule has 0 aromatic heterocycles. The van der Waals surface area contributed by atoms with Crippen molar-refractivity contribution in [3.05, 3.63) is 36.5 Å². The van der Waals surface area contributed by atoms with E-state index in [4.69, 9.17) is 4.74 Å². The molecule has 0 aliphatic heterocycles. The van der Waals surface area contributed by atoms with Crippen LogP contribution in [0.15, 0.2) is 36.5 Å². The van der Waals surface area contributed by atoms with Crippen LogP contribution in [0.3, 0.4) is 0 Å². The summed E-state index contributed by atoms with van der Waals surface area (Å²) in [6.45, 7) is 2.70. The second-order valence-electron chi connectivity index (χ2n) is 5.58. The summed E-state index contributed by atoms with van der Waals surface area (Å²) in [5.41, 5.74) is 0. The van der Waals surface area contributed by atoms with Gasteiger partial charge in [-0.15, -0.1) is 0 Å². The van der Waals surface area contributed by atoms with Crippen LogP contribution in [0.4, 0.5) is 0 Å². The topological polar surface area (TPSA) is 26.3 Å². The lowest BCUT2D eigenvalue weighted by Gasteiger charge is -2.03. The maximum absolute atomic E-state index is 10.9. The number of carbonyl (C=O) groups is 1. The Morgan fingerprint density at radius 3 is 2.04 bits per heavy atom. The molecular formula is C20H34O2S. The van der Waals surface area contributed by atoms with Crippen LogP contribution in [-0.2, 0) is 9.53 Å². The Labute approximate surface area is 148 Å². The molecule has 0 rings (SSSR count). The van der Waals surface area contributed by atoms with Gasteiger partial charge in [0.05, 0.1) is 12.4 Å². The van der Waals surface area contributed by atoms with Gasteiger partial charge in [-0.1, -0.05) is 69.1 Å². The molecule has 0 N–H and O–H groups in total. The summed E-state index contributed by atoms with van der Waals surface area (Å²) < 4.78 is 4.98. The van der Waals surface area contributed by atoms with Gasteiger partial charge in [0.15, 0.2) is 0 Å². The van der Waals surface area contributed by atoms with Gasteiger partial charge in [-0.3, -0.25) is 4.79 Å². The van der Waals surface area contributed by atoms with E-state index in [-0.39, 0.29) is 11.7 Å². The molecule has 0 radical (unpaired) electrons. The summed E-state index contributed by atoms with van der Waals surface area (Å²) in [7, 11) is 0. The summed E-state index contributed by atoms with van der Waals surface area (Å²) in [6.07, 6.45) is 25.0. The Kier molecular flexibility index (Phi) is 18.3. The quantitative estimate of drug-likeness (QED) is 0.170. The Balaban J connectivity index is 3.22. The van der Waals surface area contributed by atoms with Crippen molar-refractivity contribution in [2.75, 3.05) is 12.4 Å². The van der Waals surface area contributed by atoms with Crippen molar-refractivity contribution >= 4 is 18.6 Å². The van der Waals surface area contributed by atoms with Gasteiger partial charge in [0.1, 0.15) is 0 Å². The summed E-state index contributed by atoms with van der Waals surface area (Å²) in [6, 6.07) is 0. The summed E-state index contributed by atoms with van der Waals surface area (Å²) >= 11 is 3.86. The fourth-order valence-electron chi connectivity index (χ4n) is 2.13. The van der Waals surface area contributed by atoms with Crippen molar-refractivity contribution in [3.8, 4) is 0 Å². The van der Waals surface area contributed by atoms with E-state index in [0.29, 0.717) is 6.61 Å². The standard InChI is InChI=1S/C20H34O2S/c1-2-3-4-5-6-7-8-9-10-11-12-13-14-15-16-17-18-22-20(21)19-23/h3-4,6-7,9-10,23H,2,5,8,11-19H2,1H3/b4-3-,7-6-,10-9-. The van der Waals surface area contributed by atoms with Crippen LogP contribution in [-0.4, -0.2) is 18.3 Å². The Hall–Kier alpha value is -0.960. The van der Waals surface area contributed by atoms with E-state index < -0.39 is 0 Å². The zero-order valence-electron chi connectivity index (χ0n) is 14.7. The largest absolute Gasteiger partial charge is 0.465 e. The molecular weight excluding hydrogens is 304 g/mol. The van der Waals surface area contributed by atoms with Crippen LogP contribution in [0, 0.1) is 0 Å². The first-order valence-corrected chi connectivity index (χ1v) is 9.66. The fourth-order valence-corrected chi connectivity index (χ4v) is 2.22. The zero-order valence-corrected chi connectivity index (χ0v) is 15.6. The number of carbonyl (C=O) groups excluding carboxylic acids is 1. The highest BCUT2D eigenvalue weighted by Gasteiger charge is 1.97. The molecule has 0 aromatic carbocycles. The summed E-state index contributed by atoms with van der Waals surface area (Å²) in [5.74, 6) is -0.0356. The molecule has 2 nitrogen and oxygen atoms in total.